The van der Waals surface area contributed by atoms with Crippen molar-refractivity contribution < 1.29 is 17.2 Å². The van der Waals surface area contributed by atoms with Crippen LogP contribution in [-0.2, 0) is 15.4 Å². The van der Waals surface area contributed by atoms with Gasteiger partial charge in [-0.3, -0.25) is 4.99 Å². The Balaban J connectivity index is 2.22. The molecule has 0 radical (unpaired) electrons. The molecule has 5 nitrogen and oxygen atoms in total. The quantitative estimate of drug-likeness (QED) is 0.759. The molecule has 1 aliphatic heterocycles. The molecule has 1 aromatic rings. The minimum Gasteiger partial charge on any atom is -0.386 e. The summed E-state index contributed by atoms with van der Waals surface area (Å²) in [4.78, 5) is 8.31. The zero-order valence-electron chi connectivity index (χ0n) is 13.3. The first kappa shape index (κ1) is 17.7. The minimum absolute atomic E-state index is 0.126. The molecule has 24 heavy (non-hydrogen) atoms. The van der Waals surface area contributed by atoms with Crippen LogP contribution in [0.25, 0.3) is 0 Å². The third-order valence-corrected chi connectivity index (χ3v) is 8.13. The Morgan fingerprint density at radius 3 is 2.54 bits per heavy atom. The molecule has 0 aromatic carbocycles. The van der Waals surface area contributed by atoms with Crippen LogP contribution >= 0.6 is 15.9 Å². The highest BCUT2D eigenvalue weighted by Crippen LogP contribution is 2.51. The number of hydrogen-bond acceptors (Lipinski definition) is 5. The fraction of sp³-hybridized carbons (Fsp3) is 0.600. The van der Waals surface area contributed by atoms with Gasteiger partial charge in [-0.2, -0.15) is 0 Å². The van der Waals surface area contributed by atoms with Gasteiger partial charge in [0.15, 0.2) is 14.6 Å². The molecule has 9 heteroatoms. The topological polar surface area (TPSA) is 85.4 Å². The van der Waals surface area contributed by atoms with Gasteiger partial charge in [-0.15, -0.1) is 0 Å². The Morgan fingerprint density at radius 1 is 1.42 bits per heavy atom. The molecule has 2 heterocycles. The number of aromatic nitrogens is 1. The molecule has 2 aliphatic rings. The fourth-order valence-electron chi connectivity index (χ4n) is 3.70. The Bertz CT molecular complexity index is 822. The monoisotopic (exact) mass is 421 g/mol. The highest BCUT2D eigenvalue weighted by atomic mass is 79.9. The summed E-state index contributed by atoms with van der Waals surface area (Å²) in [6.45, 7) is 2.65. The summed E-state index contributed by atoms with van der Waals surface area (Å²) in [7, 11) is -4.01. The summed E-state index contributed by atoms with van der Waals surface area (Å²) < 4.78 is 53.3. The average molecular weight is 422 g/mol. The van der Waals surface area contributed by atoms with Gasteiger partial charge in [-0.05, 0) is 60.7 Å². The number of halogens is 3. The molecule has 1 aliphatic carbocycles. The van der Waals surface area contributed by atoms with Gasteiger partial charge in [0.2, 0.25) is 0 Å². The largest absolute Gasteiger partial charge is 0.386 e. The summed E-state index contributed by atoms with van der Waals surface area (Å²) >= 11 is 3.14. The number of aliphatic imine (C=N–C) groups is 1. The van der Waals surface area contributed by atoms with Crippen molar-refractivity contribution in [2.75, 3.05) is 5.75 Å². The van der Waals surface area contributed by atoms with Crippen molar-refractivity contribution in [1.82, 2.24) is 4.98 Å². The lowest BCUT2D eigenvalue weighted by molar-refractivity contribution is 0.284. The predicted molar refractivity (Wildman–Crippen MR) is 90.7 cm³/mol. The molecule has 132 valence electrons. The van der Waals surface area contributed by atoms with E-state index in [2.05, 4.69) is 25.9 Å². The van der Waals surface area contributed by atoms with Gasteiger partial charge in [0.05, 0.1) is 5.75 Å². The molecule has 3 atom stereocenters. The summed E-state index contributed by atoms with van der Waals surface area (Å²) in [6, 6.07) is 2.58. The molecule has 1 fully saturated rings. The number of sulfone groups is 1. The molecule has 2 N–H and O–H groups in total. The Kier molecular flexibility index (Phi) is 4.03. The number of rotatable bonds is 3. The van der Waals surface area contributed by atoms with Crippen LogP contribution in [0.5, 0.6) is 0 Å². The summed E-state index contributed by atoms with van der Waals surface area (Å²) in [5.41, 5.74) is 4.38. The second-order valence-corrected chi connectivity index (χ2v) is 9.68. The van der Waals surface area contributed by atoms with Crippen molar-refractivity contribution in [3.8, 4) is 0 Å². The number of pyridine rings is 1. The van der Waals surface area contributed by atoms with Crippen molar-refractivity contribution in [2.45, 2.75) is 43.1 Å². The Morgan fingerprint density at radius 2 is 2.04 bits per heavy atom. The van der Waals surface area contributed by atoms with E-state index in [-0.39, 0.29) is 17.4 Å². The number of nitrogens with two attached hydrogens (primary N) is 1. The van der Waals surface area contributed by atoms with Gasteiger partial charge >= 0.3 is 0 Å². The number of hydrogen-bond donors (Lipinski definition) is 1. The van der Waals surface area contributed by atoms with Crippen LogP contribution in [0.15, 0.2) is 21.7 Å². The lowest BCUT2D eigenvalue weighted by atomic mass is 9.93. The van der Waals surface area contributed by atoms with Gasteiger partial charge in [0, 0.05) is 0 Å². The second-order valence-electron chi connectivity index (χ2n) is 6.68. The molecule has 0 unspecified atom stereocenters. The van der Waals surface area contributed by atoms with E-state index in [4.69, 9.17) is 5.73 Å². The third kappa shape index (κ3) is 2.39. The third-order valence-electron chi connectivity index (χ3n) is 4.85. The lowest BCUT2D eigenvalue weighted by Crippen LogP contribution is -2.64. The Labute approximate surface area is 147 Å². The van der Waals surface area contributed by atoms with Crippen molar-refractivity contribution in [3.63, 3.8) is 0 Å². The minimum atomic E-state index is -4.01. The first-order valence-electron chi connectivity index (χ1n) is 7.59. The van der Waals surface area contributed by atoms with Gasteiger partial charge in [-0.25, -0.2) is 22.2 Å². The molecule has 0 bridgehead atoms. The zero-order valence-corrected chi connectivity index (χ0v) is 15.7. The molecule has 3 rings (SSSR count). The first-order valence-corrected chi connectivity index (χ1v) is 10.0. The summed E-state index contributed by atoms with van der Waals surface area (Å²) in [6.07, 6.45) is -0.517. The second kappa shape index (κ2) is 5.45. The molecule has 1 saturated carbocycles. The SMILES string of the molecule is C[C@@H](F)[C@]1(C2CC2)C(N)=N[C@](C)(c2nc(Br)ccc2F)CS1(=O)=O. The van der Waals surface area contributed by atoms with E-state index in [0.29, 0.717) is 17.4 Å². The van der Waals surface area contributed by atoms with E-state index in [1.165, 1.54) is 26.0 Å². The van der Waals surface area contributed by atoms with Crippen LogP contribution in [0, 0.1) is 11.7 Å². The number of amidine groups is 1. The number of nitrogens with zero attached hydrogens (tertiary/aromatic N) is 2. The van der Waals surface area contributed by atoms with Crippen LogP contribution < -0.4 is 5.73 Å². The van der Waals surface area contributed by atoms with Gasteiger partial charge in [-0.1, -0.05) is 0 Å². The van der Waals surface area contributed by atoms with E-state index in [1.54, 1.807) is 0 Å². The van der Waals surface area contributed by atoms with E-state index in [0.717, 1.165) is 0 Å². The lowest BCUT2D eigenvalue weighted by Gasteiger charge is -2.42. The molecular weight excluding hydrogens is 404 g/mol. The van der Waals surface area contributed by atoms with Crippen LogP contribution in [0.4, 0.5) is 8.78 Å². The van der Waals surface area contributed by atoms with Crippen LogP contribution in [0.1, 0.15) is 32.4 Å². The number of alkyl halides is 1. The summed E-state index contributed by atoms with van der Waals surface area (Å²) in [5, 5.41) is 0. The van der Waals surface area contributed by atoms with Crippen LogP contribution in [0.2, 0.25) is 0 Å². The first-order chi connectivity index (χ1) is 11.0. The van der Waals surface area contributed by atoms with Crippen molar-refractivity contribution in [1.29, 1.82) is 0 Å². The molecule has 0 amide bonds. The molecular formula is C15H18BrF2N3O2S. The predicted octanol–water partition coefficient (Wildman–Crippen LogP) is 2.49. The Hall–Kier alpha value is -1.09. The molecule has 0 spiro atoms. The van der Waals surface area contributed by atoms with E-state index in [1.807, 2.05) is 0 Å². The maximum atomic E-state index is 14.4. The van der Waals surface area contributed by atoms with Crippen molar-refractivity contribution in [3.05, 3.63) is 28.2 Å². The highest BCUT2D eigenvalue weighted by molar-refractivity contribution is 9.10. The van der Waals surface area contributed by atoms with Crippen LogP contribution in [-0.4, -0.2) is 35.9 Å². The maximum absolute atomic E-state index is 14.4. The normalized spacial score (nSPS) is 33.8. The van der Waals surface area contributed by atoms with Gasteiger partial charge in [0.25, 0.3) is 0 Å². The standard InChI is InChI=1S/C15H18BrF2N3O2S/c1-8(17)15(9-3-4-9)13(19)21-14(2,7-24(15,22)23)12-10(18)5-6-11(16)20-12/h5-6,8-9H,3-4,7H2,1-2H3,(H2,19,21)/t8-,14+,15+/m1/s1. The smallest absolute Gasteiger partial charge is 0.169 e. The average Bonchev–Trinajstić information content (AvgIpc) is 3.24. The van der Waals surface area contributed by atoms with E-state index in [9.17, 15) is 17.2 Å². The fourth-order valence-corrected chi connectivity index (χ4v) is 6.80. The molecule has 1 aromatic heterocycles. The van der Waals surface area contributed by atoms with Gasteiger partial charge in [0.1, 0.15) is 33.7 Å². The summed E-state index contributed by atoms with van der Waals surface area (Å²) in [5.74, 6) is -1.88. The van der Waals surface area contributed by atoms with Crippen molar-refractivity contribution in [2.24, 2.45) is 16.6 Å². The molecule has 0 saturated heterocycles. The van der Waals surface area contributed by atoms with E-state index < -0.39 is 37.9 Å². The van der Waals surface area contributed by atoms with Crippen LogP contribution in [0.3, 0.4) is 0 Å². The highest BCUT2D eigenvalue weighted by Gasteiger charge is 2.65. The zero-order chi connectivity index (χ0) is 17.9. The maximum Gasteiger partial charge on any atom is 0.169 e. The van der Waals surface area contributed by atoms with Gasteiger partial charge < -0.3 is 5.73 Å². The van der Waals surface area contributed by atoms with Crippen molar-refractivity contribution >= 4 is 31.6 Å². The van der Waals surface area contributed by atoms with E-state index >= 15 is 0 Å².